The third kappa shape index (κ3) is 1.79. The van der Waals surface area contributed by atoms with E-state index in [1.807, 2.05) is 11.8 Å². The second-order valence-electron chi connectivity index (χ2n) is 5.37. The second-order valence-corrected chi connectivity index (χ2v) is 6.75. The van der Waals surface area contributed by atoms with Gasteiger partial charge in [-0.2, -0.15) is 0 Å². The Bertz CT molecular complexity index is 326. The SMILES string of the molecule is COC(=O)C1NC2SC3CCCCC3C2C1N. The lowest BCUT2D eigenvalue weighted by atomic mass is 9.77. The number of carbonyl (C=O) groups excluding carboxylic acids is 1. The van der Waals surface area contributed by atoms with Gasteiger partial charge in [0.25, 0.3) is 0 Å². The zero-order valence-electron chi connectivity index (χ0n) is 10.1. The Morgan fingerprint density at radius 2 is 2.18 bits per heavy atom. The molecule has 4 nitrogen and oxygen atoms in total. The molecule has 3 rings (SSSR count). The quantitative estimate of drug-likeness (QED) is 0.676. The van der Waals surface area contributed by atoms with E-state index in [1.165, 1.54) is 32.8 Å². The summed E-state index contributed by atoms with van der Waals surface area (Å²) >= 11 is 2.00. The van der Waals surface area contributed by atoms with Crippen molar-refractivity contribution in [3.8, 4) is 0 Å². The molecular weight excluding hydrogens is 236 g/mol. The minimum atomic E-state index is -0.301. The zero-order valence-corrected chi connectivity index (χ0v) is 10.9. The summed E-state index contributed by atoms with van der Waals surface area (Å²) in [5.74, 6) is 0.949. The molecule has 2 aliphatic heterocycles. The van der Waals surface area contributed by atoms with Crippen molar-refractivity contribution in [2.24, 2.45) is 17.6 Å². The molecule has 0 radical (unpaired) electrons. The van der Waals surface area contributed by atoms with Crippen LogP contribution in [-0.2, 0) is 9.53 Å². The number of thioether (sulfide) groups is 1. The average Bonchev–Trinajstić information content (AvgIpc) is 2.85. The van der Waals surface area contributed by atoms with Gasteiger partial charge in [-0.25, -0.2) is 0 Å². The molecular formula is C12H20N2O2S. The summed E-state index contributed by atoms with van der Waals surface area (Å²) in [5.41, 5.74) is 6.27. The van der Waals surface area contributed by atoms with Gasteiger partial charge in [0.2, 0.25) is 0 Å². The topological polar surface area (TPSA) is 64.3 Å². The van der Waals surface area contributed by atoms with Gasteiger partial charge in [0, 0.05) is 17.2 Å². The smallest absolute Gasteiger partial charge is 0.324 e. The molecule has 0 aromatic carbocycles. The van der Waals surface area contributed by atoms with Crippen LogP contribution in [0.5, 0.6) is 0 Å². The molecule has 3 aliphatic rings. The van der Waals surface area contributed by atoms with Gasteiger partial charge in [0.15, 0.2) is 0 Å². The Labute approximate surface area is 106 Å². The normalized spacial score (nSPS) is 48.6. The minimum absolute atomic E-state index is 0.0759. The molecule has 96 valence electrons. The Balaban J connectivity index is 1.76. The molecule has 5 heteroatoms. The van der Waals surface area contributed by atoms with E-state index >= 15 is 0 Å². The van der Waals surface area contributed by atoms with E-state index < -0.39 is 0 Å². The molecule has 1 aliphatic carbocycles. The van der Waals surface area contributed by atoms with Crippen molar-refractivity contribution in [3.63, 3.8) is 0 Å². The van der Waals surface area contributed by atoms with Crippen LogP contribution in [-0.4, -0.2) is 35.8 Å². The van der Waals surface area contributed by atoms with Crippen molar-refractivity contribution < 1.29 is 9.53 Å². The Kier molecular flexibility index (Phi) is 3.09. The number of ether oxygens (including phenoxy) is 1. The van der Waals surface area contributed by atoms with Crippen LogP contribution in [0.15, 0.2) is 0 Å². The molecule has 0 spiro atoms. The van der Waals surface area contributed by atoms with Gasteiger partial charge >= 0.3 is 5.97 Å². The fourth-order valence-electron chi connectivity index (χ4n) is 3.74. The number of hydrogen-bond acceptors (Lipinski definition) is 5. The van der Waals surface area contributed by atoms with Crippen LogP contribution in [0.1, 0.15) is 25.7 Å². The molecule has 0 aromatic heterocycles. The number of methoxy groups -OCH3 is 1. The van der Waals surface area contributed by atoms with Crippen LogP contribution >= 0.6 is 11.8 Å². The maximum absolute atomic E-state index is 11.6. The van der Waals surface area contributed by atoms with Crippen LogP contribution in [0.2, 0.25) is 0 Å². The highest BCUT2D eigenvalue weighted by molar-refractivity contribution is 8.00. The summed E-state index contributed by atoms with van der Waals surface area (Å²) in [4.78, 5) is 11.6. The van der Waals surface area contributed by atoms with Crippen LogP contribution < -0.4 is 11.1 Å². The lowest BCUT2D eigenvalue weighted by Crippen LogP contribution is -2.47. The van der Waals surface area contributed by atoms with Crippen molar-refractivity contribution >= 4 is 17.7 Å². The molecule has 1 saturated carbocycles. The molecule has 2 heterocycles. The molecule has 2 saturated heterocycles. The summed E-state index contributed by atoms with van der Waals surface area (Å²) in [6, 6.07) is -0.376. The van der Waals surface area contributed by atoms with Crippen LogP contribution in [0, 0.1) is 11.8 Å². The predicted octanol–water partition coefficient (Wildman–Crippen LogP) is 0.706. The van der Waals surface area contributed by atoms with Crippen LogP contribution in [0.3, 0.4) is 0 Å². The molecule has 3 N–H and O–H groups in total. The summed E-state index contributed by atoms with van der Waals surface area (Å²) < 4.78 is 4.82. The van der Waals surface area contributed by atoms with Crippen molar-refractivity contribution in [2.75, 3.05) is 7.11 Å². The van der Waals surface area contributed by atoms with Gasteiger partial charge in [-0.15, -0.1) is 11.8 Å². The average molecular weight is 256 g/mol. The Morgan fingerprint density at radius 3 is 2.94 bits per heavy atom. The number of nitrogens with one attached hydrogen (secondary N) is 1. The summed E-state index contributed by atoms with van der Waals surface area (Å²) in [6.07, 6.45) is 5.27. The first-order valence-electron chi connectivity index (χ1n) is 6.47. The highest BCUT2D eigenvalue weighted by Gasteiger charge is 2.55. The van der Waals surface area contributed by atoms with E-state index in [1.54, 1.807) is 0 Å². The third-order valence-electron chi connectivity index (χ3n) is 4.55. The number of hydrogen-bond donors (Lipinski definition) is 2. The van der Waals surface area contributed by atoms with E-state index in [9.17, 15) is 4.79 Å². The first kappa shape index (κ1) is 11.8. The van der Waals surface area contributed by atoms with Crippen LogP contribution in [0.25, 0.3) is 0 Å². The first-order valence-corrected chi connectivity index (χ1v) is 7.41. The van der Waals surface area contributed by atoms with Crippen molar-refractivity contribution in [3.05, 3.63) is 0 Å². The lowest BCUT2D eigenvalue weighted by Gasteiger charge is -2.30. The molecule has 6 unspecified atom stereocenters. The van der Waals surface area contributed by atoms with E-state index in [2.05, 4.69) is 5.32 Å². The number of fused-ring (bicyclic) bond motifs is 3. The van der Waals surface area contributed by atoms with Gasteiger partial charge in [-0.3, -0.25) is 10.1 Å². The Morgan fingerprint density at radius 1 is 1.41 bits per heavy atom. The summed E-state index contributed by atoms with van der Waals surface area (Å²) in [5, 5.41) is 4.50. The van der Waals surface area contributed by atoms with Crippen molar-refractivity contribution in [1.82, 2.24) is 5.32 Å². The first-order chi connectivity index (χ1) is 8.22. The van der Waals surface area contributed by atoms with E-state index in [4.69, 9.17) is 10.5 Å². The maximum atomic E-state index is 11.6. The highest BCUT2D eigenvalue weighted by atomic mass is 32.2. The summed E-state index contributed by atoms with van der Waals surface area (Å²) in [7, 11) is 1.43. The monoisotopic (exact) mass is 256 g/mol. The zero-order chi connectivity index (χ0) is 12.0. The maximum Gasteiger partial charge on any atom is 0.324 e. The van der Waals surface area contributed by atoms with Crippen molar-refractivity contribution in [1.29, 1.82) is 0 Å². The van der Waals surface area contributed by atoms with E-state index in [-0.39, 0.29) is 18.1 Å². The molecule has 3 fully saturated rings. The molecule has 17 heavy (non-hydrogen) atoms. The standard InChI is InChI=1S/C12H20N2O2S/c1-16-12(15)10-9(13)8-6-4-2-3-5-7(6)17-11(8)14-10/h6-11,14H,2-5,13H2,1H3. The molecule has 0 amide bonds. The predicted molar refractivity (Wildman–Crippen MR) is 67.5 cm³/mol. The van der Waals surface area contributed by atoms with E-state index in [0.717, 1.165) is 5.25 Å². The third-order valence-corrected chi connectivity index (χ3v) is 6.23. The number of carbonyl (C=O) groups is 1. The molecule has 6 atom stereocenters. The Hall–Kier alpha value is -0.260. The fourth-order valence-corrected chi connectivity index (χ4v) is 5.73. The van der Waals surface area contributed by atoms with Gasteiger partial charge in [-0.05, 0) is 18.8 Å². The van der Waals surface area contributed by atoms with Gasteiger partial charge in [0.1, 0.15) is 6.04 Å². The van der Waals surface area contributed by atoms with Crippen molar-refractivity contribution in [2.45, 2.75) is 48.4 Å². The van der Waals surface area contributed by atoms with Gasteiger partial charge in [-0.1, -0.05) is 12.8 Å². The van der Waals surface area contributed by atoms with Gasteiger partial charge in [0.05, 0.1) is 12.5 Å². The largest absolute Gasteiger partial charge is 0.468 e. The minimum Gasteiger partial charge on any atom is -0.468 e. The van der Waals surface area contributed by atoms with E-state index in [0.29, 0.717) is 17.2 Å². The highest BCUT2D eigenvalue weighted by Crippen LogP contribution is 2.52. The molecule has 0 aromatic rings. The van der Waals surface area contributed by atoms with Gasteiger partial charge < -0.3 is 10.5 Å². The lowest BCUT2D eigenvalue weighted by molar-refractivity contribution is -0.143. The number of esters is 1. The number of nitrogens with two attached hydrogens (primary N) is 1. The number of rotatable bonds is 1. The van der Waals surface area contributed by atoms with Crippen LogP contribution in [0.4, 0.5) is 0 Å². The summed E-state index contributed by atoms with van der Waals surface area (Å²) in [6.45, 7) is 0. The second kappa shape index (κ2) is 4.44. The fraction of sp³-hybridized carbons (Fsp3) is 0.917. The molecule has 0 bridgehead atoms.